The lowest BCUT2D eigenvalue weighted by Crippen LogP contribution is -2.54. The quantitative estimate of drug-likeness (QED) is 0.518. The third-order valence-corrected chi connectivity index (χ3v) is 6.55. The molecule has 4 amide bonds. The fourth-order valence-electron chi connectivity index (χ4n) is 4.38. The molecule has 6 nitrogen and oxygen atoms in total. The summed E-state index contributed by atoms with van der Waals surface area (Å²) >= 11 is 6.54. The van der Waals surface area contributed by atoms with E-state index in [1.807, 2.05) is 19.2 Å². The van der Waals surface area contributed by atoms with Crippen molar-refractivity contribution >= 4 is 46.9 Å². The second kappa shape index (κ2) is 7.74. The molecule has 0 bridgehead atoms. The van der Waals surface area contributed by atoms with Gasteiger partial charge in [0.2, 0.25) is 0 Å². The fourth-order valence-corrected chi connectivity index (χ4v) is 4.59. The number of imide groups is 2. The summed E-state index contributed by atoms with van der Waals surface area (Å²) in [6.07, 6.45) is 2.31. The van der Waals surface area contributed by atoms with Gasteiger partial charge in [0, 0.05) is 23.3 Å². The minimum Gasteiger partial charge on any atom is -0.369 e. The van der Waals surface area contributed by atoms with Crippen LogP contribution in [0, 0.1) is 5.82 Å². The molecule has 0 radical (unpaired) electrons. The molecular weight excluding hydrogens is 433 g/mol. The standard InChI is InChI=1S/C24H23ClFN3O3/c1-13-12-24(2,3)28(4)20-11-19(25)14(8-17(13)20)9-18-21(30)27-23(32)29(22(18)31)16-7-5-6-15(26)10-16/h5-11,13H,12H2,1-4H3,(H,27,30,32)/b18-9+/t13-/m1/s1. The van der Waals surface area contributed by atoms with Crippen molar-refractivity contribution in [2.75, 3.05) is 16.8 Å². The van der Waals surface area contributed by atoms with Crippen LogP contribution >= 0.6 is 11.6 Å². The van der Waals surface area contributed by atoms with E-state index in [-0.39, 0.29) is 22.7 Å². The molecule has 1 atom stereocenters. The van der Waals surface area contributed by atoms with Crippen LogP contribution in [0.4, 0.5) is 20.6 Å². The minimum atomic E-state index is -0.934. The monoisotopic (exact) mass is 455 g/mol. The van der Waals surface area contributed by atoms with Crippen molar-refractivity contribution in [3.05, 3.63) is 63.9 Å². The van der Waals surface area contributed by atoms with Gasteiger partial charge in [-0.1, -0.05) is 24.6 Å². The van der Waals surface area contributed by atoms with E-state index in [4.69, 9.17) is 11.6 Å². The van der Waals surface area contributed by atoms with Crippen molar-refractivity contribution in [2.24, 2.45) is 0 Å². The molecule has 0 aliphatic carbocycles. The van der Waals surface area contributed by atoms with Crippen LogP contribution in [0.3, 0.4) is 0 Å². The van der Waals surface area contributed by atoms with E-state index in [0.717, 1.165) is 28.6 Å². The van der Waals surface area contributed by atoms with Crippen molar-refractivity contribution in [2.45, 2.75) is 38.6 Å². The van der Waals surface area contributed by atoms with Gasteiger partial charge in [-0.05, 0) is 73.7 Å². The summed E-state index contributed by atoms with van der Waals surface area (Å²) in [6, 6.07) is 7.83. The van der Waals surface area contributed by atoms with Gasteiger partial charge >= 0.3 is 6.03 Å². The maximum atomic E-state index is 13.7. The van der Waals surface area contributed by atoms with Crippen LogP contribution in [-0.4, -0.2) is 30.4 Å². The van der Waals surface area contributed by atoms with Gasteiger partial charge in [-0.3, -0.25) is 14.9 Å². The Morgan fingerprint density at radius 2 is 1.91 bits per heavy atom. The number of halogens is 2. The summed E-state index contributed by atoms with van der Waals surface area (Å²) in [4.78, 5) is 40.8. The third-order valence-electron chi connectivity index (χ3n) is 6.22. The topological polar surface area (TPSA) is 69.7 Å². The molecule has 32 heavy (non-hydrogen) atoms. The van der Waals surface area contributed by atoms with Crippen molar-refractivity contribution < 1.29 is 18.8 Å². The van der Waals surface area contributed by atoms with Crippen molar-refractivity contribution in [3.8, 4) is 0 Å². The van der Waals surface area contributed by atoms with E-state index in [9.17, 15) is 18.8 Å². The lowest BCUT2D eigenvalue weighted by molar-refractivity contribution is -0.122. The predicted octanol–water partition coefficient (Wildman–Crippen LogP) is 4.87. The number of hydrogen-bond acceptors (Lipinski definition) is 4. The second-order valence-electron chi connectivity index (χ2n) is 8.85. The van der Waals surface area contributed by atoms with Gasteiger partial charge in [0.15, 0.2) is 0 Å². The summed E-state index contributed by atoms with van der Waals surface area (Å²) in [5.41, 5.74) is 2.28. The maximum Gasteiger partial charge on any atom is 0.335 e. The second-order valence-corrected chi connectivity index (χ2v) is 9.25. The van der Waals surface area contributed by atoms with Crippen molar-refractivity contribution in [1.29, 1.82) is 0 Å². The summed E-state index contributed by atoms with van der Waals surface area (Å²) < 4.78 is 13.7. The van der Waals surface area contributed by atoms with Gasteiger partial charge in [0.1, 0.15) is 11.4 Å². The number of hydrogen-bond donors (Lipinski definition) is 1. The zero-order valence-electron chi connectivity index (χ0n) is 18.2. The molecule has 2 aromatic carbocycles. The number of anilines is 2. The zero-order valence-corrected chi connectivity index (χ0v) is 19.0. The van der Waals surface area contributed by atoms with E-state index < -0.39 is 23.7 Å². The lowest BCUT2D eigenvalue weighted by Gasteiger charge is -2.45. The van der Waals surface area contributed by atoms with E-state index >= 15 is 0 Å². The number of barbiturate groups is 1. The Balaban J connectivity index is 1.78. The molecule has 1 fully saturated rings. The molecule has 2 aliphatic rings. The molecule has 8 heteroatoms. The molecule has 1 N–H and O–H groups in total. The predicted molar refractivity (Wildman–Crippen MR) is 122 cm³/mol. The molecule has 166 valence electrons. The SMILES string of the molecule is C[C@@H]1CC(C)(C)N(C)c2cc(Cl)c(/C=C3\C(=O)NC(=O)N(c4cccc(F)c4)C3=O)cc21. The van der Waals surface area contributed by atoms with Crippen LogP contribution in [0.1, 0.15) is 44.2 Å². The van der Waals surface area contributed by atoms with E-state index in [0.29, 0.717) is 10.6 Å². The van der Waals surface area contributed by atoms with Gasteiger partial charge in [-0.2, -0.15) is 0 Å². The molecular formula is C24H23ClFN3O3. The third kappa shape index (κ3) is 3.66. The number of benzene rings is 2. The Hall–Kier alpha value is -3.19. The Labute approximate surface area is 190 Å². The Kier molecular flexibility index (Phi) is 5.33. The van der Waals surface area contributed by atoms with Crippen LogP contribution in [0.15, 0.2) is 42.0 Å². The smallest absolute Gasteiger partial charge is 0.335 e. The highest BCUT2D eigenvalue weighted by Crippen LogP contribution is 2.44. The van der Waals surface area contributed by atoms with Gasteiger partial charge in [0.25, 0.3) is 11.8 Å². The van der Waals surface area contributed by atoms with E-state index in [1.165, 1.54) is 24.3 Å². The van der Waals surface area contributed by atoms with Crippen molar-refractivity contribution in [3.63, 3.8) is 0 Å². The molecule has 0 unspecified atom stereocenters. The molecule has 2 aromatic rings. The first-order chi connectivity index (χ1) is 15.0. The van der Waals surface area contributed by atoms with Gasteiger partial charge in [-0.15, -0.1) is 0 Å². The van der Waals surface area contributed by atoms with Gasteiger partial charge in [0.05, 0.1) is 5.69 Å². The number of urea groups is 1. The maximum absolute atomic E-state index is 13.7. The lowest BCUT2D eigenvalue weighted by atomic mass is 9.80. The minimum absolute atomic E-state index is 0.0277. The summed E-state index contributed by atoms with van der Waals surface area (Å²) in [6.45, 7) is 6.46. The molecule has 0 saturated carbocycles. The number of amides is 4. The first kappa shape index (κ1) is 22.0. The number of rotatable bonds is 2. The Morgan fingerprint density at radius 3 is 2.59 bits per heavy atom. The number of fused-ring (bicyclic) bond motifs is 1. The molecule has 0 aromatic heterocycles. The van der Waals surface area contributed by atoms with E-state index in [2.05, 4.69) is 31.0 Å². The van der Waals surface area contributed by atoms with Crippen molar-refractivity contribution in [1.82, 2.24) is 5.32 Å². The molecule has 2 aliphatic heterocycles. The van der Waals surface area contributed by atoms with Crippen LogP contribution in [0.25, 0.3) is 6.08 Å². The molecule has 1 saturated heterocycles. The first-order valence-electron chi connectivity index (χ1n) is 10.2. The normalized spacial score (nSPS) is 21.6. The molecule has 2 heterocycles. The Bertz CT molecular complexity index is 1190. The fraction of sp³-hybridized carbons (Fsp3) is 0.292. The number of carbonyl (C=O) groups excluding carboxylic acids is 3. The average Bonchev–Trinajstić information content (AvgIpc) is 2.69. The largest absolute Gasteiger partial charge is 0.369 e. The summed E-state index contributed by atoms with van der Waals surface area (Å²) in [5.74, 6) is -2.03. The Morgan fingerprint density at radius 1 is 1.19 bits per heavy atom. The van der Waals surface area contributed by atoms with Crippen LogP contribution < -0.4 is 15.1 Å². The highest BCUT2D eigenvalue weighted by atomic mass is 35.5. The van der Waals surface area contributed by atoms with E-state index in [1.54, 1.807) is 0 Å². The first-order valence-corrected chi connectivity index (χ1v) is 10.6. The van der Waals surface area contributed by atoms with Gasteiger partial charge < -0.3 is 4.90 Å². The number of nitrogens with zero attached hydrogens (tertiary/aromatic N) is 2. The molecule has 0 spiro atoms. The average molecular weight is 456 g/mol. The highest BCUT2D eigenvalue weighted by Gasteiger charge is 2.38. The summed E-state index contributed by atoms with van der Waals surface area (Å²) in [5, 5.41) is 2.52. The van der Waals surface area contributed by atoms with Gasteiger partial charge in [-0.25, -0.2) is 14.1 Å². The summed E-state index contributed by atoms with van der Waals surface area (Å²) in [7, 11) is 2.01. The number of nitrogens with one attached hydrogen (secondary N) is 1. The van der Waals surface area contributed by atoms with Crippen LogP contribution in [0.5, 0.6) is 0 Å². The van der Waals surface area contributed by atoms with Crippen LogP contribution in [0.2, 0.25) is 5.02 Å². The highest BCUT2D eigenvalue weighted by molar-refractivity contribution is 6.40. The van der Waals surface area contributed by atoms with Crippen LogP contribution in [-0.2, 0) is 9.59 Å². The molecule has 4 rings (SSSR count). The zero-order chi connectivity index (χ0) is 23.4. The number of carbonyl (C=O) groups is 3.